The van der Waals surface area contributed by atoms with E-state index in [1.807, 2.05) is 42.5 Å². The van der Waals surface area contributed by atoms with Gasteiger partial charge >= 0.3 is 0 Å². The van der Waals surface area contributed by atoms with E-state index in [1.54, 1.807) is 19.2 Å². The molecule has 0 saturated heterocycles. The van der Waals surface area contributed by atoms with Crippen molar-refractivity contribution < 1.29 is 0 Å². The molecule has 0 fully saturated rings. The fourth-order valence-electron chi connectivity index (χ4n) is 1.66. The number of anilines is 1. The van der Waals surface area contributed by atoms with Gasteiger partial charge in [-0.05, 0) is 36.5 Å². The molecule has 0 aliphatic heterocycles. The summed E-state index contributed by atoms with van der Waals surface area (Å²) in [5, 5.41) is 7.34. The number of rotatable bonds is 2. The molecule has 0 saturated carbocycles. The third-order valence-electron chi connectivity index (χ3n) is 2.60. The van der Waals surface area contributed by atoms with Crippen LogP contribution in [0.25, 0.3) is 0 Å². The van der Waals surface area contributed by atoms with Crippen LogP contribution in [-0.2, 0) is 0 Å². The first-order chi connectivity index (χ1) is 9.69. The molecule has 5 heteroatoms. The molecule has 2 aromatic rings. The third-order valence-corrected chi connectivity index (χ3v) is 3.06. The van der Waals surface area contributed by atoms with E-state index in [0.717, 1.165) is 17.1 Å². The van der Waals surface area contributed by atoms with Crippen LogP contribution in [0, 0.1) is 0 Å². The normalized spacial score (nSPS) is 11.0. The van der Waals surface area contributed by atoms with Gasteiger partial charge in [-0.3, -0.25) is 4.99 Å². The van der Waals surface area contributed by atoms with Gasteiger partial charge in [0.1, 0.15) is 5.84 Å². The number of amidine groups is 1. The van der Waals surface area contributed by atoms with Gasteiger partial charge in [0, 0.05) is 23.3 Å². The molecule has 0 unspecified atom stereocenters. The van der Waals surface area contributed by atoms with E-state index in [0.29, 0.717) is 10.1 Å². The van der Waals surface area contributed by atoms with Crippen LogP contribution in [0.2, 0.25) is 5.02 Å². The lowest BCUT2D eigenvalue weighted by Gasteiger charge is -2.12. The summed E-state index contributed by atoms with van der Waals surface area (Å²) in [6, 6.07) is 17.2. The van der Waals surface area contributed by atoms with Crippen molar-refractivity contribution >= 4 is 40.5 Å². The number of halogens is 1. The zero-order valence-corrected chi connectivity index (χ0v) is 12.5. The summed E-state index contributed by atoms with van der Waals surface area (Å²) >= 11 is 11.1. The largest absolute Gasteiger partial charge is 0.332 e. The number of benzene rings is 2. The molecule has 102 valence electrons. The van der Waals surface area contributed by atoms with Gasteiger partial charge in [0.25, 0.3) is 0 Å². The first-order valence-electron chi connectivity index (χ1n) is 6.05. The molecule has 0 aromatic heterocycles. The Morgan fingerprint density at radius 3 is 2.30 bits per heavy atom. The van der Waals surface area contributed by atoms with Gasteiger partial charge in [-0.2, -0.15) is 0 Å². The molecular weight excluding hydrogens is 290 g/mol. The minimum Gasteiger partial charge on any atom is -0.332 e. The summed E-state index contributed by atoms with van der Waals surface area (Å²) in [5.74, 6) is 0.720. The smallest absolute Gasteiger partial charge is 0.176 e. The minimum atomic E-state index is 0.483. The predicted molar refractivity (Wildman–Crippen MR) is 89.7 cm³/mol. The van der Waals surface area contributed by atoms with Gasteiger partial charge in [-0.15, -0.1) is 0 Å². The van der Waals surface area contributed by atoms with Crippen molar-refractivity contribution in [2.45, 2.75) is 0 Å². The molecule has 0 aliphatic rings. The lowest BCUT2D eigenvalue weighted by atomic mass is 10.2. The second-order valence-electron chi connectivity index (χ2n) is 4.02. The number of thiocarbonyl (C=S) groups is 1. The molecule has 0 atom stereocenters. The molecule has 2 N–H and O–H groups in total. The second-order valence-corrected chi connectivity index (χ2v) is 4.87. The maximum Gasteiger partial charge on any atom is 0.176 e. The Morgan fingerprint density at radius 1 is 1.05 bits per heavy atom. The van der Waals surface area contributed by atoms with Crippen molar-refractivity contribution in [2.24, 2.45) is 4.99 Å². The van der Waals surface area contributed by atoms with Gasteiger partial charge in [0.05, 0.1) is 0 Å². The molecule has 0 amide bonds. The van der Waals surface area contributed by atoms with Crippen molar-refractivity contribution in [3.63, 3.8) is 0 Å². The maximum atomic E-state index is 5.84. The Hall–Kier alpha value is -1.91. The predicted octanol–water partition coefficient (Wildman–Crippen LogP) is 3.70. The fraction of sp³-hybridized carbons (Fsp3) is 0.0667. The van der Waals surface area contributed by atoms with Gasteiger partial charge in [0.15, 0.2) is 5.11 Å². The number of nitrogens with one attached hydrogen (secondary N) is 2. The van der Waals surface area contributed by atoms with E-state index in [-0.39, 0.29) is 0 Å². The Bertz CT molecular complexity index is 609. The highest BCUT2D eigenvalue weighted by atomic mass is 35.5. The van der Waals surface area contributed by atoms with Crippen molar-refractivity contribution in [3.8, 4) is 0 Å². The van der Waals surface area contributed by atoms with Crippen LogP contribution >= 0.6 is 23.8 Å². The van der Waals surface area contributed by atoms with Crippen molar-refractivity contribution in [1.82, 2.24) is 5.32 Å². The van der Waals surface area contributed by atoms with Crippen LogP contribution in [0.5, 0.6) is 0 Å². The van der Waals surface area contributed by atoms with Crippen LogP contribution < -0.4 is 10.6 Å². The molecule has 0 radical (unpaired) electrons. The van der Waals surface area contributed by atoms with Crippen LogP contribution in [0.4, 0.5) is 5.69 Å². The van der Waals surface area contributed by atoms with Crippen LogP contribution in [0.1, 0.15) is 5.56 Å². The highest BCUT2D eigenvalue weighted by molar-refractivity contribution is 7.80. The lowest BCUT2D eigenvalue weighted by Crippen LogP contribution is -2.34. The van der Waals surface area contributed by atoms with E-state index in [1.165, 1.54) is 0 Å². The first kappa shape index (κ1) is 14.5. The summed E-state index contributed by atoms with van der Waals surface area (Å²) in [7, 11) is 1.72. The number of aliphatic imine (C=N–C) groups is 1. The average molecular weight is 304 g/mol. The minimum absolute atomic E-state index is 0.483. The van der Waals surface area contributed by atoms with E-state index in [9.17, 15) is 0 Å². The maximum absolute atomic E-state index is 5.84. The standard InChI is InChI=1S/C15H14ClN3S/c1-17-14(11-5-3-2-4-6-11)19-15(20)18-13-9-7-12(16)8-10-13/h2-10H,1H3,(H2,17,18,19,20). The number of nitrogens with zero attached hydrogens (tertiary/aromatic N) is 1. The monoisotopic (exact) mass is 303 g/mol. The van der Waals surface area contributed by atoms with E-state index >= 15 is 0 Å². The zero-order chi connectivity index (χ0) is 14.4. The summed E-state index contributed by atoms with van der Waals surface area (Å²) in [6.07, 6.45) is 0. The van der Waals surface area contributed by atoms with Gasteiger partial charge in [0.2, 0.25) is 0 Å². The van der Waals surface area contributed by atoms with Crippen molar-refractivity contribution in [2.75, 3.05) is 12.4 Å². The summed E-state index contributed by atoms with van der Waals surface area (Å²) in [6.45, 7) is 0. The Labute approximate surface area is 128 Å². The van der Waals surface area contributed by atoms with E-state index in [4.69, 9.17) is 23.8 Å². The molecule has 0 spiro atoms. The summed E-state index contributed by atoms with van der Waals surface area (Å²) in [4.78, 5) is 4.21. The Kier molecular flexibility index (Phi) is 5.09. The Balaban J connectivity index is 2.02. The fourth-order valence-corrected chi connectivity index (χ4v) is 2.00. The zero-order valence-electron chi connectivity index (χ0n) is 10.9. The first-order valence-corrected chi connectivity index (χ1v) is 6.83. The van der Waals surface area contributed by atoms with E-state index < -0.39 is 0 Å². The van der Waals surface area contributed by atoms with E-state index in [2.05, 4.69) is 15.6 Å². The SMILES string of the molecule is CN=C(NC(=S)Nc1ccc(Cl)cc1)c1ccccc1. The average Bonchev–Trinajstić information content (AvgIpc) is 2.48. The number of hydrogen-bond acceptors (Lipinski definition) is 2. The Morgan fingerprint density at radius 2 is 1.70 bits per heavy atom. The highest BCUT2D eigenvalue weighted by Crippen LogP contribution is 2.13. The molecule has 3 nitrogen and oxygen atoms in total. The summed E-state index contributed by atoms with van der Waals surface area (Å²) in [5.41, 5.74) is 1.85. The molecule has 20 heavy (non-hydrogen) atoms. The molecule has 0 bridgehead atoms. The molecule has 2 aromatic carbocycles. The van der Waals surface area contributed by atoms with Gasteiger partial charge in [-0.1, -0.05) is 41.9 Å². The van der Waals surface area contributed by atoms with Crippen molar-refractivity contribution in [3.05, 3.63) is 65.2 Å². The molecule has 0 heterocycles. The molecule has 2 rings (SSSR count). The molecule has 0 aliphatic carbocycles. The van der Waals surface area contributed by atoms with Crippen LogP contribution in [-0.4, -0.2) is 18.0 Å². The molecular formula is C15H14ClN3S. The summed E-state index contributed by atoms with van der Waals surface area (Å²) < 4.78 is 0. The second kappa shape index (κ2) is 7.03. The van der Waals surface area contributed by atoms with Gasteiger partial charge < -0.3 is 10.6 Å². The topological polar surface area (TPSA) is 36.4 Å². The quantitative estimate of drug-likeness (QED) is 0.504. The highest BCUT2D eigenvalue weighted by Gasteiger charge is 2.04. The lowest BCUT2D eigenvalue weighted by molar-refractivity contribution is 1.29. The third kappa shape index (κ3) is 4.05. The van der Waals surface area contributed by atoms with Crippen molar-refractivity contribution in [1.29, 1.82) is 0 Å². The van der Waals surface area contributed by atoms with Gasteiger partial charge in [-0.25, -0.2) is 0 Å². The van der Waals surface area contributed by atoms with Crippen LogP contribution in [0.15, 0.2) is 59.6 Å². The number of hydrogen-bond donors (Lipinski definition) is 2. The van der Waals surface area contributed by atoms with Crippen LogP contribution in [0.3, 0.4) is 0 Å².